The van der Waals surface area contributed by atoms with Crippen molar-refractivity contribution in [1.82, 2.24) is 10.2 Å². The topological polar surface area (TPSA) is 41.1 Å². The third kappa shape index (κ3) is 3.20. The standard InChI is InChI=1S/C13H18N4S/c1-4-14-13-16-15-12(18-13)9-17(3)11-7-5-10(2)6-8-11/h5-8H,4,9H2,1-3H3,(H,14,16). The van der Waals surface area contributed by atoms with Crippen LogP contribution < -0.4 is 10.2 Å². The van der Waals surface area contributed by atoms with E-state index in [0.717, 1.165) is 23.2 Å². The smallest absolute Gasteiger partial charge is 0.205 e. The number of nitrogens with zero attached hydrogens (tertiary/aromatic N) is 3. The van der Waals surface area contributed by atoms with Gasteiger partial charge < -0.3 is 10.2 Å². The summed E-state index contributed by atoms with van der Waals surface area (Å²) in [5.74, 6) is 0. The van der Waals surface area contributed by atoms with Crippen molar-refractivity contribution in [3.63, 3.8) is 0 Å². The Kier molecular flexibility index (Phi) is 4.15. The average molecular weight is 262 g/mol. The van der Waals surface area contributed by atoms with Crippen molar-refractivity contribution in [2.75, 3.05) is 23.8 Å². The number of aryl methyl sites for hydroxylation is 1. The highest BCUT2D eigenvalue weighted by Gasteiger charge is 2.07. The number of anilines is 2. The van der Waals surface area contributed by atoms with E-state index in [-0.39, 0.29) is 0 Å². The Morgan fingerprint density at radius 1 is 1.22 bits per heavy atom. The summed E-state index contributed by atoms with van der Waals surface area (Å²) in [7, 11) is 2.07. The highest BCUT2D eigenvalue weighted by Crippen LogP contribution is 2.20. The van der Waals surface area contributed by atoms with E-state index in [2.05, 4.69) is 65.6 Å². The molecule has 5 heteroatoms. The van der Waals surface area contributed by atoms with E-state index in [1.807, 2.05) is 0 Å². The molecule has 96 valence electrons. The average Bonchev–Trinajstić information content (AvgIpc) is 2.78. The van der Waals surface area contributed by atoms with Crippen LogP contribution in [0.5, 0.6) is 0 Å². The maximum absolute atomic E-state index is 4.18. The van der Waals surface area contributed by atoms with E-state index in [4.69, 9.17) is 0 Å². The van der Waals surface area contributed by atoms with Crippen molar-refractivity contribution in [1.29, 1.82) is 0 Å². The molecule has 2 rings (SSSR count). The quantitative estimate of drug-likeness (QED) is 0.899. The van der Waals surface area contributed by atoms with E-state index in [0.29, 0.717) is 0 Å². The van der Waals surface area contributed by atoms with Crippen LogP contribution in [-0.4, -0.2) is 23.8 Å². The Morgan fingerprint density at radius 2 is 1.94 bits per heavy atom. The number of aromatic nitrogens is 2. The highest BCUT2D eigenvalue weighted by molar-refractivity contribution is 7.15. The van der Waals surface area contributed by atoms with Crippen LogP contribution in [0, 0.1) is 6.92 Å². The van der Waals surface area contributed by atoms with Gasteiger partial charge in [0.25, 0.3) is 0 Å². The van der Waals surface area contributed by atoms with Crippen molar-refractivity contribution in [2.45, 2.75) is 20.4 Å². The van der Waals surface area contributed by atoms with E-state index < -0.39 is 0 Å². The Balaban J connectivity index is 2.01. The molecule has 4 nitrogen and oxygen atoms in total. The minimum Gasteiger partial charge on any atom is -0.368 e. The minimum absolute atomic E-state index is 0.784. The lowest BCUT2D eigenvalue weighted by molar-refractivity contribution is 0.880. The second-order valence-corrected chi connectivity index (χ2v) is 5.28. The molecule has 2 aromatic rings. The minimum atomic E-state index is 0.784. The molecular weight excluding hydrogens is 244 g/mol. The summed E-state index contributed by atoms with van der Waals surface area (Å²) in [4.78, 5) is 2.18. The van der Waals surface area contributed by atoms with Crippen LogP contribution >= 0.6 is 11.3 Å². The lowest BCUT2D eigenvalue weighted by Gasteiger charge is -2.17. The predicted molar refractivity (Wildman–Crippen MR) is 77.4 cm³/mol. The molecule has 0 unspecified atom stereocenters. The molecule has 1 aromatic carbocycles. The first-order valence-electron chi connectivity index (χ1n) is 6.03. The summed E-state index contributed by atoms with van der Waals surface area (Å²) in [6.45, 7) is 5.81. The van der Waals surface area contributed by atoms with E-state index in [9.17, 15) is 0 Å². The van der Waals surface area contributed by atoms with Crippen LogP contribution in [0.3, 0.4) is 0 Å². The molecule has 0 aliphatic rings. The lowest BCUT2D eigenvalue weighted by Crippen LogP contribution is -2.16. The van der Waals surface area contributed by atoms with Gasteiger partial charge in [0.1, 0.15) is 5.01 Å². The number of rotatable bonds is 5. The van der Waals surface area contributed by atoms with Crippen LogP contribution in [0.2, 0.25) is 0 Å². The van der Waals surface area contributed by atoms with Gasteiger partial charge in [0.2, 0.25) is 5.13 Å². The van der Waals surface area contributed by atoms with Gasteiger partial charge in [0, 0.05) is 19.3 Å². The van der Waals surface area contributed by atoms with Gasteiger partial charge in [-0.25, -0.2) is 0 Å². The van der Waals surface area contributed by atoms with Gasteiger partial charge in [-0.3, -0.25) is 0 Å². The lowest BCUT2D eigenvalue weighted by atomic mass is 10.2. The zero-order valence-corrected chi connectivity index (χ0v) is 11.8. The molecule has 0 fully saturated rings. The normalized spacial score (nSPS) is 10.4. The second kappa shape index (κ2) is 5.82. The molecule has 0 amide bonds. The Labute approximate surface area is 112 Å². The number of hydrogen-bond acceptors (Lipinski definition) is 5. The second-order valence-electron chi connectivity index (χ2n) is 4.22. The van der Waals surface area contributed by atoms with Gasteiger partial charge in [0.05, 0.1) is 6.54 Å². The molecule has 1 heterocycles. The molecule has 0 atom stereocenters. The summed E-state index contributed by atoms with van der Waals surface area (Å²) in [5.41, 5.74) is 2.47. The summed E-state index contributed by atoms with van der Waals surface area (Å²) < 4.78 is 0. The van der Waals surface area contributed by atoms with E-state index in [1.54, 1.807) is 11.3 Å². The van der Waals surface area contributed by atoms with Crippen LogP contribution in [0.25, 0.3) is 0 Å². The fourth-order valence-corrected chi connectivity index (χ4v) is 2.49. The molecule has 0 spiro atoms. The zero-order chi connectivity index (χ0) is 13.0. The maximum atomic E-state index is 4.18. The van der Waals surface area contributed by atoms with Crippen molar-refractivity contribution >= 4 is 22.2 Å². The molecule has 0 aliphatic carbocycles. The maximum Gasteiger partial charge on any atom is 0.205 e. The first-order valence-corrected chi connectivity index (χ1v) is 6.84. The first kappa shape index (κ1) is 12.8. The molecule has 0 aliphatic heterocycles. The summed E-state index contributed by atoms with van der Waals surface area (Å²) in [5, 5.41) is 13.4. The summed E-state index contributed by atoms with van der Waals surface area (Å²) >= 11 is 1.61. The van der Waals surface area contributed by atoms with Crippen LogP contribution in [0.15, 0.2) is 24.3 Å². The molecule has 1 aromatic heterocycles. The number of hydrogen-bond donors (Lipinski definition) is 1. The van der Waals surface area contributed by atoms with E-state index >= 15 is 0 Å². The third-order valence-corrected chi connectivity index (χ3v) is 3.51. The fraction of sp³-hybridized carbons (Fsp3) is 0.385. The Morgan fingerprint density at radius 3 is 2.61 bits per heavy atom. The Bertz CT molecular complexity index is 492. The predicted octanol–water partition coefficient (Wildman–Crippen LogP) is 2.91. The third-order valence-electron chi connectivity index (χ3n) is 2.64. The molecule has 0 saturated carbocycles. The largest absolute Gasteiger partial charge is 0.368 e. The summed E-state index contributed by atoms with van der Waals surface area (Å²) in [6, 6.07) is 8.50. The first-order chi connectivity index (χ1) is 8.69. The zero-order valence-electron chi connectivity index (χ0n) is 11.0. The molecule has 18 heavy (non-hydrogen) atoms. The van der Waals surface area contributed by atoms with Gasteiger partial charge in [-0.15, -0.1) is 10.2 Å². The van der Waals surface area contributed by atoms with Gasteiger partial charge >= 0.3 is 0 Å². The van der Waals surface area contributed by atoms with Crippen LogP contribution in [0.1, 0.15) is 17.5 Å². The van der Waals surface area contributed by atoms with Crippen LogP contribution in [-0.2, 0) is 6.54 Å². The number of benzene rings is 1. The van der Waals surface area contributed by atoms with Gasteiger partial charge in [-0.2, -0.15) is 0 Å². The monoisotopic (exact) mass is 262 g/mol. The number of nitrogens with one attached hydrogen (secondary N) is 1. The van der Waals surface area contributed by atoms with Crippen molar-refractivity contribution in [3.05, 3.63) is 34.8 Å². The van der Waals surface area contributed by atoms with Gasteiger partial charge in [0.15, 0.2) is 0 Å². The molecule has 0 saturated heterocycles. The van der Waals surface area contributed by atoms with Gasteiger partial charge in [-0.05, 0) is 26.0 Å². The van der Waals surface area contributed by atoms with Crippen molar-refractivity contribution in [2.24, 2.45) is 0 Å². The molecule has 1 N–H and O–H groups in total. The summed E-state index contributed by atoms with van der Waals surface area (Å²) in [6.07, 6.45) is 0. The van der Waals surface area contributed by atoms with Crippen molar-refractivity contribution in [3.8, 4) is 0 Å². The molecule has 0 radical (unpaired) electrons. The highest BCUT2D eigenvalue weighted by atomic mass is 32.1. The van der Waals surface area contributed by atoms with Crippen LogP contribution in [0.4, 0.5) is 10.8 Å². The fourth-order valence-electron chi connectivity index (χ4n) is 1.63. The van der Waals surface area contributed by atoms with Gasteiger partial charge in [-0.1, -0.05) is 29.0 Å². The SMILES string of the molecule is CCNc1nnc(CN(C)c2ccc(C)cc2)s1. The Hall–Kier alpha value is -1.62. The van der Waals surface area contributed by atoms with E-state index in [1.165, 1.54) is 11.3 Å². The van der Waals surface area contributed by atoms with Crippen molar-refractivity contribution < 1.29 is 0 Å². The molecule has 0 bridgehead atoms. The molecular formula is C13H18N4S.